The van der Waals surface area contributed by atoms with Crippen LogP contribution >= 0.6 is 22.9 Å². The number of amides is 1. The highest BCUT2D eigenvalue weighted by molar-refractivity contribution is 7.09. The first-order valence-corrected chi connectivity index (χ1v) is 10.2. The van der Waals surface area contributed by atoms with Crippen molar-refractivity contribution in [3.8, 4) is 0 Å². The normalized spacial score (nSPS) is 17.5. The minimum Gasteiger partial charge on any atom is -0.324 e. The van der Waals surface area contributed by atoms with Gasteiger partial charge in [-0.25, -0.2) is 0 Å². The summed E-state index contributed by atoms with van der Waals surface area (Å²) in [7, 11) is 0. The van der Waals surface area contributed by atoms with Crippen LogP contribution in [-0.4, -0.2) is 47.9 Å². The monoisotopic (exact) mass is 431 g/mol. The predicted octanol–water partition coefficient (Wildman–Crippen LogP) is 4.57. The number of benzene rings is 1. The van der Waals surface area contributed by atoms with E-state index in [4.69, 9.17) is 11.6 Å². The Labute approximate surface area is 170 Å². The van der Waals surface area contributed by atoms with Gasteiger partial charge in [-0.05, 0) is 36.6 Å². The molecule has 3 rings (SSSR count). The number of nitrogens with zero attached hydrogens (tertiary/aromatic N) is 2. The van der Waals surface area contributed by atoms with Gasteiger partial charge < -0.3 is 5.32 Å². The van der Waals surface area contributed by atoms with Crippen molar-refractivity contribution in [1.82, 2.24) is 9.80 Å². The average Bonchev–Trinajstić information content (AvgIpc) is 3.15. The molecule has 152 valence electrons. The molecule has 1 atom stereocenters. The minimum atomic E-state index is -4.59. The highest BCUT2D eigenvalue weighted by Gasteiger charge is 2.35. The molecule has 1 saturated heterocycles. The molecule has 9 heteroatoms. The lowest BCUT2D eigenvalue weighted by Gasteiger charge is -2.37. The Kier molecular flexibility index (Phi) is 6.65. The third kappa shape index (κ3) is 5.26. The Morgan fingerprint density at radius 2 is 1.96 bits per heavy atom. The largest absolute Gasteiger partial charge is 0.418 e. The number of carbonyl (C=O) groups excluding carboxylic acids is 1. The molecule has 1 aliphatic heterocycles. The van der Waals surface area contributed by atoms with Crippen molar-refractivity contribution in [3.63, 3.8) is 0 Å². The van der Waals surface area contributed by atoms with E-state index in [2.05, 4.69) is 16.3 Å². The van der Waals surface area contributed by atoms with Crippen LogP contribution in [-0.2, 0) is 17.5 Å². The third-order valence-electron chi connectivity index (χ3n) is 4.84. The predicted molar refractivity (Wildman–Crippen MR) is 106 cm³/mol. The number of anilines is 1. The zero-order chi connectivity index (χ0) is 20.3. The van der Waals surface area contributed by atoms with Crippen LogP contribution in [0.2, 0.25) is 5.02 Å². The molecule has 4 nitrogen and oxygen atoms in total. The number of piperazine rings is 1. The van der Waals surface area contributed by atoms with E-state index in [9.17, 15) is 18.0 Å². The van der Waals surface area contributed by atoms with E-state index >= 15 is 0 Å². The van der Waals surface area contributed by atoms with E-state index in [0.29, 0.717) is 13.1 Å². The molecule has 0 aliphatic carbocycles. The van der Waals surface area contributed by atoms with Crippen LogP contribution in [0.25, 0.3) is 0 Å². The third-order valence-corrected chi connectivity index (χ3v) is 5.93. The van der Waals surface area contributed by atoms with Crippen molar-refractivity contribution in [2.24, 2.45) is 0 Å². The van der Waals surface area contributed by atoms with Crippen molar-refractivity contribution < 1.29 is 18.0 Å². The molecule has 1 aromatic heterocycles. The molecule has 1 fully saturated rings. The maximum absolute atomic E-state index is 13.2. The maximum Gasteiger partial charge on any atom is 0.418 e. The van der Waals surface area contributed by atoms with Gasteiger partial charge in [0, 0.05) is 42.6 Å². The van der Waals surface area contributed by atoms with Crippen LogP contribution < -0.4 is 5.32 Å². The first-order chi connectivity index (χ1) is 13.2. The number of hydrogen-bond donors (Lipinski definition) is 1. The molecular weight excluding hydrogens is 411 g/mol. The van der Waals surface area contributed by atoms with Crippen molar-refractivity contribution in [2.75, 3.05) is 31.5 Å². The fraction of sp³-hybridized carbons (Fsp3) is 0.421. The fourth-order valence-electron chi connectivity index (χ4n) is 3.19. The number of hydrogen-bond acceptors (Lipinski definition) is 4. The van der Waals surface area contributed by atoms with Gasteiger partial charge in [-0.15, -0.1) is 11.3 Å². The van der Waals surface area contributed by atoms with Gasteiger partial charge >= 0.3 is 6.18 Å². The van der Waals surface area contributed by atoms with Gasteiger partial charge in [-0.2, -0.15) is 13.2 Å². The number of alkyl halides is 3. The fourth-order valence-corrected chi connectivity index (χ4v) is 4.11. The van der Waals surface area contributed by atoms with Crippen molar-refractivity contribution in [1.29, 1.82) is 0 Å². The summed E-state index contributed by atoms with van der Waals surface area (Å²) in [4.78, 5) is 18.1. The smallest absolute Gasteiger partial charge is 0.324 e. The molecule has 2 heterocycles. The van der Waals surface area contributed by atoms with Gasteiger partial charge in [0.05, 0.1) is 17.3 Å². The van der Waals surface area contributed by atoms with Crippen LogP contribution in [0.4, 0.5) is 18.9 Å². The molecule has 1 unspecified atom stereocenters. The summed E-state index contributed by atoms with van der Waals surface area (Å²) in [5, 5.41) is 4.44. The summed E-state index contributed by atoms with van der Waals surface area (Å²) in [5.74, 6) is -0.459. The summed E-state index contributed by atoms with van der Waals surface area (Å²) < 4.78 is 39.6. The molecular formula is C19H21ClF3N3OS. The lowest BCUT2D eigenvalue weighted by Crippen LogP contribution is -2.52. The van der Waals surface area contributed by atoms with E-state index in [1.165, 1.54) is 17.0 Å². The standard InChI is InChI=1S/C19H21ClF3N3OS/c1-13(26-8-6-25(7-9-26)12-15-3-2-10-28-15)18(27)24-17-5-4-14(20)11-16(17)19(21,22)23/h2-5,10-11,13H,6-9,12H2,1H3,(H,24,27). The first kappa shape index (κ1) is 21.1. The zero-order valence-corrected chi connectivity index (χ0v) is 16.9. The van der Waals surface area contributed by atoms with Gasteiger partial charge in [0.15, 0.2) is 0 Å². The molecule has 2 aromatic rings. The van der Waals surface area contributed by atoms with Crippen LogP contribution in [0.5, 0.6) is 0 Å². The Hall–Kier alpha value is -1.61. The lowest BCUT2D eigenvalue weighted by molar-refractivity contribution is -0.137. The van der Waals surface area contributed by atoms with Crippen LogP contribution in [0.1, 0.15) is 17.4 Å². The Morgan fingerprint density at radius 3 is 2.57 bits per heavy atom. The summed E-state index contributed by atoms with van der Waals surface area (Å²) in [6.45, 7) is 5.59. The van der Waals surface area contributed by atoms with E-state index in [0.717, 1.165) is 25.7 Å². The second-order valence-electron chi connectivity index (χ2n) is 6.74. The van der Waals surface area contributed by atoms with E-state index in [-0.39, 0.29) is 10.7 Å². The quantitative estimate of drug-likeness (QED) is 0.753. The summed E-state index contributed by atoms with van der Waals surface area (Å²) in [5.41, 5.74) is -1.22. The van der Waals surface area contributed by atoms with Gasteiger partial charge in [0.25, 0.3) is 0 Å². The Morgan fingerprint density at radius 1 is 1.25 bits per heavy atom. The topological polar surface area (TPSA) is 35.6 Å². The molecule has 1 N–H and O–H groups in total. The van der Waals surface area contributed by atoms with Crippen LogP contribution in [0.3, 0.4) is 0 Å². The second kappa shape index (κ2) is 8.82. The molecule has 0 radical (unpaired) electrons. The van der Waals surface area contributed by atoms with Crippen molar-refractivity contribution in [2.45, 2.75) is 25.7 Å². The Bertz CT molecular complexity index is 805. The molecule has 0 spiro atoms. The lowest BCUT2D eigenvalue weighted by atomic mass is 10.1. The average molecular weight is 432 g/mol. The van der Waals surface area contributed by atoms with Crippen molar-refractivity contribution in [3.05, 3.63) is 51.2 Å². The minimum absolute atomic E-state index is 0.0276. The van der Waals surface area contributed by atoms with E-state index in [1.54, 1.807) is 18.3 Å². The maximum atomic E-state index is 13.2. The summed E-state index contributed by atoms with van der Waals surface area (Å²) >= 11 is 7.40. The zero-order valence-electron chi connectivity index (χ0n) is 15.3. The summed E-state index contributed by atoms with van der Waals surface area (Å²) in [6, 6.07) is 6.94. The molecule has 0 saturated carbocycles. The van der Waals surface area contributed by atoms with Crippen molar-refractivity contribution >= 4 is 34.5 Å². The van der Waals surface area contributed by atoms with Gasteiger partial charge in [-0.1, -0.05) is 17.7 Å². The number of carbonyl (C=O) groups is 1. The van der Waals surface area contributed by atoms with Gasteiger partial charge in [0.1, 0.15) is 0 Å². The number of nitrogens with one attached hydrogen (secondary N) is 1. The molecule has 1 aromatic carbocycles. The number of thiophene rings is 1. The highest BCUT2D eigenvalue weighted by atomic mass is 35.5. The first-order valence-electron chi connectivity index (χ1n) is 8.90. The van der Waals surface area contributed by atoms with E-state index < -0.39 is 23.7 Å². The highest BCUT2D eigenvalue weighted by Crippen LogP contribution is 2.36. The van der Waals surface area contributed by atoms with E-state index in [1.807, 2.05) is 16.3 Å². The summed E-state index contributed by atoms with van der Waals surface area (Å²) in [6.07, 6.45) is -4.59. The number of rotatable bonds is 5. The molecule has 28 heavy (non-hydrogen) atoms. The van der Waals surface area contributed by atoms with Gasteiger partial charge in [-0.3, -0.25) is 14.6 Å². The molecule has 1 aliphatic rings. The Balaban J connectivity index is 1.58. The molecule has 1 amide bonds. The molecule has 0 bridgehead atoms. The second-order valence-corrected chi connectivity index (χ2v) is 8.21. The number of halogens is 4. The van der Waals surface area contributed by atoms with Crippen LogP contribution in [0, 0.1) is 0 Å². The van der Waals surface area contributed by atoms with Gasteiger partial charge in [0.2, 0.25) is 5.91 Å². The SMILES string of the molecule is CC(C(=O)Nc1ccc(Cl)cc1C(F)(F)F)N1CCN(Cc2cccs2)CC1. The van der Waals surface area contributed by atoms with Crippen LogP contribution in [0.15, 0.2) is 35.7 Å².